The lowest BCUT2D eigenvalue weighted by molar-refractivity contribution is -0.115. The third-order valence-electron chi connectivity index (χ3n) is 2.30. The van der Waals surface area contributed by atoms with Crippen LogP contribution in [0.15, 0.2) is 17.0 Å². The van der Waals surface area contributed by atoms with E-state index in [1.807, 2.05) is 0 Å². The summed E-state index contributed by atoms with van der Waals surface area (Å²) in [7, 11) is 0. The van der Waals surface area contributed by atoms with Crippen LogP contribution in [0, 0.1) is 5.92 Å². The van der Waals surface area contributed by atoms with Crippen LogP contribution in [0.2, 0.25) is 0 Å². The van der Waals surface area contributed by atoms with Gasteiger partial charge < -0.3 is 10.6 Å². The number of carbonyl (C=O) groups is 1. The largest absolute Gasteiger partial charge is 0.308 e. The smallest absolute Gasteiger partial charge is 0.239 e. The molecule has 1 aromatic heterocycles. The number of rotatable bonds is 5. The molecule has 16 heavy (non-hydrogen) atoms. The number of hydrogen-bond donors (Lipinski definition) is 2. The maximum Gasteiger partial charge on any atom is 0.239 e. The van der Waals surface area contributed by atoms with Gasteiger partial charge in [0, 0.05) is 0 Å². The molecule has 0 bridgehead atoms. The van der Waals surface area contributed by atoms with Crippen molar-refractivity contribution in [1.82, 2.24) is 15.3 Å². The van der Waals surface area contributed by atoms with Crippen LogP contribution < -0.4 is 10.6 Å². The maximum atomic E-state index is 11.4. The SMILES string of the molecule is O=C(CNCC1CC1)Nc1cnc(Br)cn1. The van der Waals surface area contributed by atoms with E-state index in [-0.39, 0.29) is 5.91 Å². The molecule has 1 aliphatic rings. The highest BCUT2D eigenvalue weighted by Gasteiger charge is 2.20. The standard InChI is InChI=1S/C10H13BrN4O/c11-8-4-14-9(5-13-8)15-10(16)6-12-3-7-1-2-7/h4-5,7,12H,1-3,6H2,(H,14,15,16). The number of anilines is 1. The van der Waals surface area contributed by atoms with E-state index in [0.717, 1.165) is 12.5 Å². The van der Waals surface area contributed by atoms with Crippen LogP contribution in [0.3, 0.4) is 0 Å². The first kappa shape index (κ1) is 11.5. The van der Waals surface area contributed by atoms with Crippen molar-refractivity contribution in [3.63, 3.8) is 0 Å². The molecule has 1 amide bonds. The summed E-state index contributed by atoms with van der Waals surface area (Å²) in [5.74, 6) is 1.17. The molecule has 0 unspecified atom stereocenters. The molecule has 1 fully saturated rings. The van der Waals surface area contributed by atoms with Gasteiger partial charge in [0.1, 0.15) is 4.60 Å². The Morgan fingerprint density at radius 3 is 2.88 bits per heavy atom. The average molecular weight is 285 g/mol. The molecule has 1 aromatic rings. The quantitative estimate of drug-likeness (QED) is 0.852. The Bertz CT molecular complexity index is 364. The highest BCUT2D eigenvalue weighted by molar-refractivity contribution is 9.10. The van der Waals surface area contributed by atoms with E-state index in [1.54, 1.807) is 6.20 Å². The summed E-state index contributed by atoms with van der Waals surface area (Å²) in [6.45, 7) is 1.26. The zero-order valence-corrected chi connectivity index (χ0v) is 10.3. The van der Waals surface area contributed by atoms with Gasteiger partial charge in [0.15, 0.2) is 5.82 Å². The van der Waals surface area contributed by atoms with Crippen molar-refractivity contribution >= 4 is 27.7 Å². The second kappa shape index (κ2) is 5.36. The zero-order valence-electron chi connectivity index (χ0n) is 8.74. The normalized spacial score (nSPS) is 14.8. The van der Waals surface area contributed by atoms with Gasteiger partial charge in [-0.2, -0.15) is 0 Å². The van der Waals surface area contributed by atoms with Crippen LogP contribution in [0.4, 0.5) is 5.82 Å². The van der Waals surface area contributed by atoms with Crippen molar-refractivity contribution in [2.45, 2.75) is 12.8 Å². The van der Waals surface area contributed by atoms with E-state index < -0.39 is 0 Å². The molecule has 0 aliphatic heterocycles. The first-order valence-corrected chi connectivity index (χ1v) is 6.01. The van der Waals surface area contributed by atoms with Gasteiger partial charge in [0.25, 0.3) is 0 Å². The second-order valence-electron chi connectivity index (χ2n) is 3.85. The van der Waals surface area contributed by atoms with Crippen molar-refractivity contribution in [2.75, 3.05) is 18.4 Å². The zero-order chi connectivity index (χ0) is 11.4. The van der Waals surface area contributed by atoms with Crippen LogP contribution >= 0.6 is 15.9 Å². The Labute approximate surface area is 102 Å². The van der Waals surface area contributed by atoms with Gasteiger partial charge in [-0.05, 0) is 41.2 Å². The van der Waals surface area contributed by atoms with E-state index in [0.29, 0.717) is 17.0 Å². The summed E-state index contributed by atoms with van der Waals surface area (Å²) in [4.78, 5) is 19.4. The Morgan fingerprint density at radius 2 is 2.25 bits per heavy atom. The average Bonchev–Trinajstić information content (AvgIpc) is 3.05. The number of hydrogen-bond acceptors (Lipinski definition) is 4. The van der Waals surface area contributed by atoms with Crippen molar-refractivity contribution in [3.05, 3.63) is 17.0 Å². The van der Waals surface area contributed by atoms with Gasteiger partial charge in [-0.15, -0.1) is 0 Å². The monoisotopic (exact) mass is 284 g/mol. The molecule has 2 rings (SSSR count). The van der Waals surface area contributed by atoms with Crippen LogP contribution in [-0.4, -0.2) is 29.0 Å². The Morgan fingerprint density at radius 1 is 1.44 bits per heavy atom. The molecule has 5 nitrogen and oxygen atoms in total. The molecule has 1 saturated carbocycles. The summed E-state index contributed by atoms with van der Waals surface area (Å²) in [6.07, 6.45) is 5.63. The minimum Gasteiger partial charge on any atom is -0.308 e. The Hall–Kier alpha value is -1.01. The van der Waals surface area contributed by atoms with Crippen molar-refractivity contribution in [2.24, 2.45) is 5.92 Å². The Kier molecular flexibility index (Phi) is 3.84. The fraction of sp³-hybridized carbons (Fsp3) is 0.500. The lowest BCUT2D eigenvalue weighted by Crippen LogP contribution is -2.29. The molecule has 1 aliphatic carbocycles. The third-order valence-corrected chi connectivity index (χ3v) is 2.71. The van der Waals surface area contributed by atoms with Crippen LogP contribution in [0.25, 0.3) is 0 Å². The fourth-order valence-corrected chi connectivity index (χ4v) is 1.48. The number of nitrogens with one attached hydrogen (secondary N) is 2. The molecular formula is C10H13BrN4O. The fourth-order valence-electron chi connectivity index (χ4n) is 1.28. The molecular weight excluding hydrogens is 272 g/mol. The van der Waals surface area contributed by atoms with E-state index in [1.165, 1.54) is 19.0 Å². The van der Waals surface area contributed by atoms with Crippen molar-refractivity contribution < 1.29 is 4.79 Å². The molecule has 86 valence electrons. The molecule has 6 heteroatoms. The highest BCUT2D eigenvalue weighted by atomic mass is 79.9. The summed E-state index contributed by atoms with van der Waals surface area (Å²) in [5, 5.41) is 5.78. The summed E-state index contributed by atoms with van der Waals surface area (Å²) in [6, 6.07) is 0. The van der Waals surface area contributed by atoms with Gasteiger partial charge in [-0.25, -0.2) is 9.97 Å². The molecule has 0 aromatic carbocycles. The number of aromatic nitrogens is 2. The van der Waals surface area contributed by atoms with E-state index >= 15 is 0 Å². The van der Waals surface area contributed by atoms with Gasteiger partial charge >= 0.3 is 0 Å². The maximum absolute atomic E-state index is 11.4. The van der Waals surface area contributed by atoms with E-state index in [4.69, 9.17) is 0 Å². The lowest BCUT2D eigenvalue weighted by atomic mass is 10.4. The number of amides is 1. The lowest BCUT2D eigenvalue weighted by Gasteiger charge is -2.04. The second-order valence-corrected chi connectivity index (χ2v) is 4.66. The van der Waals surface area contributed by atoms with Crippen LogP contribution in [-0.2, 0) is 4.79 Å². The predicted molar refractivity (Wildman–Crippen MR) is 64.0 cm³/mol. The minimum absolute atomic E-state index is 0.0859. The number of nitrogens with zero attached hydrogens (tertiary/aromatic N) is 2. The summed E-state index contributed by atoms with van der Waals surface area (Å²) < 4.78 is 0.650. The summed E-state index contributed by atoms with van der Waals surface area (Å²) >= 11 is 3.18. The van der Waals surface area contributed by atoms with E-state index in [9.17, 15) is 4.79 Å². The molecule has 2 N–H and O–H groups in total. The molecule has 0 spiro atoms. The molecule has 0 atom stereocenters. The van der Waals surface area contributed by atoms with Crippen LogP contribution in [0.5, 0.6) is 0 Å². The van der Waals surface area contributed by atoms with Crippen LogP contribution in [0.1, 0.15) is 12.8 Å². The predicted octanol–water partition coefficient (Wildman–Crippen LogP) is 1.18. The molecule has 0 saturated heterocycles. The first-order chi connectivity index (χ1) is 7.74. The Balaban J connectivity index is 1.70. The van der Waals surface area contributed by atoms with Crippen molar-refractivity contribution in [1.29, 1.82) is 0 Å². The molecule has 0 radical (unpaired) electrons. The minimum atomic E-state index is -0.0859. The third kappa shape index (κ3) is 3.86. The van der Waals surface area contributed by atoms with E-state index in [2.05, 4.69) is 36.5 Å². The summed E-state index contributed by atoms with van der Waals surface area (Å²) in [5.41, 5.74) is 0. The van der Waals surface area contributed by atoms with Gasteiger partial charge in [-0.1, -0.05) is 0 Å². The highest BCUT2D eigenvalue weighted by Crippen LogP contribution is 2.27. The van der Waals surface area contributed by atoms with Gasteiger partial charge in [0.2, 0.25) is 5.91 Å². The van der Waals surface area contributed by atoms with Crippen molar-refractivity contribution in [3.8, 4) is 0 Å². The topological polar surface area (TPSA) is 66.9 Å². The van der Waals surface area contributed by atoms with Gasteiger partial charge in [0.05, 0.1) is 18.9 Å². The molecule has 1 heterocycles. The first-order valence-electron chi connectivity index (χ1n) is 5.22. The number of halogens is 1. The van der Waals surface area contributed by atoms with Gasteiger partial charge in [-0.3, -0.25) is 4.79 Å². The number of carbonyl (C=O) groups excluding carboxylic acids is 1.